The summed E-state index contributed by atoms with van der Waals surface area (Å²) in [6.07, 6.45) is 9.15. The minimum atomic E-state index is -0.0237. The molecule has 5 N–H and O–H groups in total. The summed E-state index contributed by atoms with van der Waals surface area (Å²) < 4.78 is 0. The SMILES string of the molecule is Nc1ncnc(N2CC[NH+](C(=O)Nc3ccc(C4CCCCC4)cc3)CC2)c1C=NO. The van der Waals surface area contributed by atoms with Crippen molar-refractivity contribution >= 4 is 29.6 Å². The minimum absolute atomic E-state index is 0.0237. The van der Waals surface area contributed by atoms with E-state index in [2.05, 4.69) is 32.6 Å². The normalized spacial score (nSPS) is 18.4. The van der Waals surface area contributed by atoms with Gasteiger partial charge in [-0.25, -0.2) is 19.7 Å². The molecule has 0 radical (unpaired) electrons. The Labute approximate surface area is 182 Å². The second-order valence-corrected chi connectivity index (χ2v) is 8.24. The molecule has 9 heteroatoms. The number of benzene rings is 1. The zero-order chi connectivity index (χ0) is 21.6. The quantitative estimate of drug-likeness (QED) is 0.338. The van der Waals surface area contributed by atoms with Gasteiger partial charge >= 0.3 is 6.03 Å². The van der Waals surface area contributed by atoms with Crippen molar-refractivity contribution in [1.82, 2.24) is 9.97 Å². The van der Waals surface area contributed by atoms with Gasteiger partial charge in [-0.1, -0.05) is 36.6 Å². The van der Waals surface area contributed by atoms with Crippen molar-refractivity contribution in [1.29, 1.82) is 0 Å². The number of aromatic nitrogens is 2. The molecular formula is C22H30N7O2+. The highest BCUT2D eigenvalue weighted by Gasteiger charge is 2.28. The zero-order valence-electron chi connectivity index (χ0n) is 17.6. The highest BCUT2D eigenvalue weighted by atomic mass is 16.4. The van der Waals surface area contributed by atoms with Crippen LogP contribution in [0.2, 0.25) is 0 Å². The molecule has 2 amide bonds. The number of carbonyl (C=O) groups excluding carboxylic acids is 1. The number of rotatable bonds is 4. The molecule has 1 aliphatic heterocycles. The highest BCUT2D eigenvalue weighted by Crippen LogP contribution is 2.32. The van der Waals surface area contributed by atoms with Gasteiger partial charge < -0.3 is 15.8 Å². The van der Waals surface area contributed by atoms with E-state index in [4.69, 9.17) is 10.9 Å². The van der Waals surface area contributed by atoms with Crippen molar-refractivity contribution in [3.8, 4) is 0 Å². The summed E-state index contributed by atoms with van der Waals surface area (Å²) in [5.74, 6) is 1.53. The van der Waals surface area contributed by atoms with E-state index >= 15 is 0 Å². The van der Waals surface area contributed by atoms with Gasteiger partial charge in [-0.3, -0.25) is 5.32 Å². The predicted molar refractivity (Wildman–Crippen MR) is 120 cm³/mol. The Kier molecular flexibility index (Phi) is 6.61. The second kappa shape index (κ2) is 9.74. The van der Waals surface area contributed by atoms with Crippen LogP contribution < -0.4 is 20.9 Å². The summed E-state index contributed by atoms with van der Waals surface area (Å²) in [6, 6.07) is 8.32. The van der Waals surface area contributed by atoms with Gasteiger partial charge in [-0.15, -0.1) is 0 Å². The lowest BCUT2D eigenvalue weighted by atomic mass is 9.84. The van der Waals surface area contributed by atoms with Crippen molar-refractivity contribution in [2.75, 3.05) is 42.1 Å². The molecule has 0 spiro atoms. The van der Waals surface area contributed by atoms with Crippen molar-refractivity contribution in [2.24, 2.45) is 5.16 Å². The van der Waals surface area contributed by atoms with Crippen LogP contribution in [0.25, 0.3) is 0 Å². The first-order valence-electron chi connectivity index (χ1n) is 10.9. The molecule has 1 saturated heterocycles. The average Bonchev–Trinajstić information content (AvgIpc) is 2.82. The highest BCUT2D eigenvalue weighted by molar-refractivity contribution is 5.91. The Hall–Kier alpha value is -3.20. The third-order valence-electron chi connectivity index (χ3n) is 6.31. The van der Waals surface area contributed by atoms with Crippen molar-refractivity contribution in [2.45, 2.75) is 38.0 Å². The molecule has 2 heterocycles. The van der Waals surface area contributed by atoms with E-state index < -0.39 is 0 Å². The number of amides is 2. The van der Waals surface area contributed by atoms with E-state index in [1.54, 1.807) is 0 Å². The fourth-order valence-corrected chi connectivity index (χ4v) is 4.54. The fourth-order valence-electron chi connectivity index (χ4n) is 4.54. The number of nitrogens with zero attached hydrogens (tertiary/aromatic N) is 4. The lowest BCUT2D eigenvalue weighted by Crippen LogP contribution is -3.18. The first-order chi connectivity index (χ1) is 15.2. The first-order valence-corrected chi connectivity index (χ1v) is 10.9. The number of quaternary nitrogens is 1. The van der Waals surface area contributed by atoms with Crippen LogP contribution in [0.3, 0.4) is 0 Å². The molecule has 164 valence electrons. The molecular weight excluding hydrogens is 394 g/mol. The van der Waals surface area contributed by atoms with E-state index in [1.807, 2.05) is 17.0 Å². The molecule has 1 saturated carbocycles. The maximum absolute atomic E-state index is 12.8. The first kappa shape index (κ1) is 21.0. The Morgan fingerprint density at radius 2 is 1.87 bits per heavy atom. The Balaban J connectivity index is 1.33. The summed E-state index contributed by atoms with van der Waals surface area (Å²) in [5, 5.41) is 15.0. The summed E-state index contributed by atoms with van der Waals surface area (Å²) in [6.45, 7) is 2.52. The van der Waals surface area contributed by atoms with Gasteiger partial charge in [-0.05, 0) is 36.5 Å². The van der Waals surface area contributed by atoms with E-state index in [9.17, 15) is 4.79 Å². The standard InChI is InChI=1S/C22H29N7O2/c23-20-19(14-26-31)21(25-15-24-20)28-10-12-29(13-11-28)22(30)27-18-8-6-17(7-9-18)16-4-2-1-3-5-16/h6-9,14-16,31H,1-5,10-13H2,(H,27,30)(H2,23,24,25)/p+1. The van der Waals surface area contributed by atoms with Gasteiger partial charge in [0.2, 0.25) is 0 Å². The molecule has 1 aromatic carbocycles. The summed E-state index contributed by atoms with van der Waals surface area (Å²) in [7, 11) is 0. The van der Waals surface area contributed by atoms with E-state index in [-0.39, 0.29) is 11.8 Å². The third-order valence-corrected chi connectivity index (χ3v) is 6.31. The zero-order valence-corrected chi connectivity index (χ0v) is 17.6. The lowest BCUT2D eigenvalue weighted by molar-refractivity contribution is -0.813. The van der Waals surface area contributed by atoms with E-state index in [1.165, 1.54) is 50.2 Å². The Morgan fingerprint density at radius 1 is 1.16 bits per heavy atom. The maximum atomic E-state index is 12.8. The molecule has 1 aliphatic carbocycles. The molecule has 4 rings (SSSR count). The van der Waals surface area contributed by atoms with Gasteiger partial charge in [0.05, 0.1) is 24.9 Å². The summed E-state index contributed by atoms with van der Waals surface area (Å²) in [5.41, 5.74) is 8.58. The largest absolute Gasteiger partial charge is 0.419 e. The predicted octanol–water partition coefficient (Wildman–Crippen LogP) is 1.85. The molecule has 2 aromatic rings. The van der Waals surface area contributed by atoms with Crippen LogP contribution in [-0.2, 0) is 0 Å². The molecule has 9 nitrogen and oxygen atoms in total. The van der Waals surface area contributed by atoms with Gasteiger partial charge in [-0.2, -0.15) is 0 Å². The smallest absolute Gasteiger partial charge is 0.411 e. The Bertz CT molecular complexity index is 918. The van der Waals surface area contributed by atoms with E-state index in [0.717, 1.165) is 10.6 Å². The van der Waals surface area contributed by atoms with Crippen LogP contribution in [0.1, 0.15) is 49.1 Å². The number of carbonyl (C=O) groups is 1. The number of nitrogens with one attached hydrogen (secondary N) is 2. The minimum Gasteiger partial charge on any atom is -0.411 e. The number of piperazine rings is 1. The lowest BCUT2D eigenvalue weighted by Gasteiger charge is -2.32. The van der Waals surface area contributed by atoms with Crippen LogP contribution >= 0.6 is 0 Å². The number of oxime groups is 1. The van der Waals surface area contributed by atoms with Gasteiger partial charge in [0.1, 0.15) is 31.1 Å². The average molecular weight is 425 g/mol. The number of anilines is 3. The Morgan fingerprint density at radius 3 is 2.55 bits per heavy atom. The number of hydrogen-bond donors (Lipinski definition) is 4. The number of nitrogen functional groups attached to an aromatic ring is 1. The molecule has 0 bridgehead atoms. The number of hydrogen-bond acceptors (Lipinski definition) is 7. The molecule has 1 aromatic heterocycles. The topological polar surface area (TPSA) is 121 Å². The van der Waals surface area contributed by atoms with Gasteiger partial charge in [0, 0.05) is 5.69 Å². The van der Waals surface area contributed by atoms with Crippen molar-refractivity contribution in [3.63, 3.8) is 0 Å². The van der Waals surface area contributed by atoms with Crippen LogP contribution in [0.4, 0.5) is 22.1 Å². The third kappa shape index (κ3) is 4.93. The molecule has 2 aliphatic rings. The van der Waals surface area contributed by atoms with E-state index in [0.29, 0.717) is 43.5 Å². The number of urea groups is 1. The van der Waals surface area contributed by atoms with Crippen LogP contribution in [0.5, 0.6) is 0 Å². The molecule has 0 unspecified atom stereocenters. The molecule has 0 atom stereocenters. The maximum Gasteiger partial charge on any atom is 0.419 e. The summed E-state index contributed by atoms with van der Waals surface area (Å²) in [4.78, 5) is 23.9. The monoisotopic (exact) mass is 424 g/mol. The van der Waals surface area contributed by atoms with Crippen LogP contribution in [0, 0.1) is 0 Å². The number of nitrogens with two attached hydrogens (primary N) is 1. The molecule has 31 heavy (non-hydrogen) atoms. The van der Waals surface area contributed by atoms with Gasteiger partial charge in [0.25, 0.3) is 0 Å². The van der Waals surface area contributed by atoms with Crippen molar-refractivity contribution in [3.05, 3.63) is 41.7 Å². The summed E-state index contributed by atoms with van der Waals surface area (Å²) >= 11 is 0. The molecule has 2 fully saturated rings. The van der Waals surface area contributed by atoms with Crippen molar-refractivity contribution < 1.29 is 14.9 Å². The van der Waals surface area contributed by atoms with Gasteiger partial charge in [0.15, 0.2) is 0 Å². The van der Waals surface area contributed by atoms with Crippen LogP contribution in [-0.4, -0.2) is 53.6 Å². The second-order valence-electron chi connectivity index (χ2n) is 8.24. The fraction of sp³-hybridized carbons (Fsp3) is 0.455. The van der Waals surface area contributed by atoms with Crippen LogP contribution in [0.15, 0.2) is 35.7 Å².